The molecule has 0 radical (unpaired) electrons. The van der Waals surface area contributed by atoms with Crippen LogP contribution in [0.4, 0.5) is 0 Å². The average Bonchev–Trinajstić information content (AvgIpc) is 2.59. The van der Waals surface area contributed by atoms with Gasteiger partial charge >= 0.3 is 0 Å². The largest absolute Gasteiger partial charge is 0.198 e. The quantitative estimate of drug-likeness (QED) is 0.592. The van der Waals surface area contributed by atoms with E-state index in [2.05, 4.69) is 6.07 Å². The second-order valence-corrected chi connectivity index (χ2v) is 4.04. The van der Waals surface area contributed by atoms with Gasteiger partial charge in [-0.15, -0.1) is 0 Å². The van der Waals surface area contributed by atoms with Crippen molar-refractivity contribution >= 4 is 0 Å². The zero-order valence-electron chi connectivity index (χ0n) is 6.92. The van der Waals surface area contributed by atoms with E-state index in [0.717, 1.165) is 24.2 Å². The van der Waals surface area contributed by atoms with Crippen LogP contribution < -0.4 is 0 Å². The lowest BCUT2D eigenvalue weighted by molar-refractivity contribution is 0.382. The summed E-state index contributed by atoms with van der Waals surface area (Å²) in [4.78, 5) is 0. The Hall–Kier alpha value is -0.510. The van der Waals surface area contributed by atoms with Crippen molar-refractivity contribution in [2.75, 3.05) is 0 Å². The van der Waals surface area contributed by atoms with Gasteiger partial charge in [-0.2, -0.15) is 5.26 Å². The third-order valence-corrected chi connectivity index (χ3v) is 3.62. The van der Waals surface area contributed by atoms with Gasteiger partial charge in [0, 0.05) is 6.42 Å². The molecule has 2 rings (SSSR count). The molecule has 0 aromatic heterocycles. The second kappa shape index (κ2) is 2.85. The van der Waals surface area contributed by atoms with Crippen molar-refractivity contribution in [1.29, 1.82) is 5.26 Å². The fourth-order valence-electron chi connectivity index (χ4n) is 3.09. The fourth-order valence-corrected chi connectivity index (χ4v) is 3.09. The van der Waals surface area contributed by atoms with Crippen molar-refractivity contribution in [3.63, 3.8) is 0 Å². The zero-order chi connectivity index (χ0) is 7.68. The van der Waals surface area contributed by atoms with E-state index in [9.17, 15) is 0 Å². The Labute approximate surface area is 68.4 Å². The molecule has 1 heteroatoms. The van der Waals surface area contributed by atoms with Gasteiger partial charge in [-0.3, -0.25) is 0 Å². The summed E-state index contributed by atoms with van der Waals surface area (Å²) in [5.41, 5.74) is 0. The van der Waals surface area contributed by atoms with E-state index < -0.39 is 0 Å². The van der Waals surface area contributed by atoms with Crippen molar-refractivity contribution in [3.05, 3.63) is 0 Å². The van der Waals surface area contributed by atoms with Crippen molar-refractivity contribution < 1.29 is 0 Å². The number of hydrogen-bond acceptors (Lipinski definition) is 1. The van der Waals surface area contributed by atoms with Crippen LogP contribution in [0.5, 0.6) is 0 Å². The molecule has 0 atom stereocenters. The Morgan fingerprint density at radius 3 is 2.09 bits per heavy atom. The van der Waals surface area contributed by atoms with Crippen LogP contribution in [0.15, 0.2) is 0 Å². The highest BCUT2D eigenvalue weighted by atomic mass is 14.5. The van der Waals surface area contributed by atoms with E-state index in [1.165, 1.54) is 32.1 Å². The number of hydrogen-bond donors (Lipinski definition) is 0. The predicted octanol–water partition coefficient (Wildman–Crippen LogP) is 2.73. The summed E-state index contributed by atoms with van der Waals surface area (Å²) >= 11 is 0. The SMILES string of the molecule is N#CCCC1C2CCC1CC2. The molecule has 2 saturated carbocycles. The number of fused-ring (bicyclic) bond motifs is 2. The summed E-state index contributed by atoms with van der Waals surface area (Å²) in [6, 6.07) is 2.26. The van der Waals surface area contributed by atoms with Crippen LogP contribution >= 0.6 is 0 Å². The van der Waals surface area contributed by atoms with Crippen LogP contribution in [0.25, 0.3) is 0 Å². The van der Waals surface area contributed by atoms with Crippen molar-refractivity contribution in [2.45, 2.75) is 38.5 Å². The van der Waals surface area contributed by atoms with Crippen LogP contribution in [0, 0.1) is 29.1 Å². The van der Waals surface area contributed by atoms with Crippen molar-refractivity contribution in [3.8, 4) is 6.07 Å². The lowest BCUT2D eigenvalue weighted by Gasteiger charge is -2.11. The highest BCUT2D eigenvalue weighted by Gasteiger charge is 2.40. The van der Waals surface area contributed by atoms with Crippen molar-refractivity contribution in [1.82, 2.24) is 0 Å². The maximum absolute atomic E-state index is 8.47. The first-order valence-electron chi connectivity index (χ1n) is 4.79. The molecule has 2 aliphatic rings. The van der Waals surface area contributed by atoms with Crippen molar-refractivity contribution in [2.24, 2.45) is 17.8 Å². The lowest BCUT2D eigenvalue weighted by atomic mass is 9.93. The minimum Gasteiger partial charge on any atom is -0.198 e. The van der Waals surface area contributed by atoms with Crippen LogP contribution in [0.2, 0.25) is 0 Å². The van der Waals surface area contributed by atoms with Crippen LogP contribution in [0.3, 0.4) is 0 Å². The van der Waals surface area contributed by atoms with Crippen LogP contribution in [-0.4, -0.2) is 0 Å². The van der Waals surface area contributed by atoms with Gasteiger partial charge in [-0.05, 0) is 49.9 Å². The molecule has 11 heavy (non-hydrogen) atoms. The first kappa shape index (κ1) is 7.16. The highest BCUT2D eigenvalue weighted by Crippen LogP contribution is 2.50. The zero-order valence-corrected chi connectivity index (χ0v) is 6.92. The third kappa shape index (κ3) is 1.15. The van der Waals surface area contributed by atoms with Crippen LogP contribution in [0.1, 0.15) is 38.5 Å². The molecule has 2 bridgehead atoms. The Morgan fingerprint density at radius 2 is 1.64 bits per heavy atom. The second-order valence-electron chi connectivity index (χ2n) is 4.04. The first-order valence-corrected chi connectivity index (χ1v) is 4.79. The number of nitriles is 1. The van der Waals surface area contributed by atoms with E-state index in [4.69, 9.17) is 5.26 Å². The smallest absolute Gasteiger partial charge is 0.0621 e. The molecule has 0 spiro atoms. The summed E-state index contributed by atoms with van der Waals surface area (Å²) in [5.74, 6) is 2.95. The fraction of sp³-hybridized carbons (Fsp3) is 0.900. The maximum Gasteiger partial charge on any atom is 0.0621 e. The molecular weight excluding hydrogens is 134 g/mol. The highest BCUT2D eigenvalue weighted by molar-refractivity contribution is 4.92. The molecule has 0 aliphatic heterocycles. The molecule has 0 aromatic rings. The molecule has 2 fully saturated rings. The van der Waals surface area contributed by atoms with Gasteiger partial charge in [0.15, 0.2) is 0 Å². The summed E-state index contributed by atoms with van der Waals surface area (Å²) in [6.45, 7) is 0. The van der Waals surface area contributed by atoms with E-state index in [-0.39, 0.29) is 0 Å². The molecule has 1 nitrogen and oxygen atoms in total. The van der Waals surface area contributed by atoms with Gasteiger partial charge < -0.3 is 0 Å². The molecule has 0 heterocycles. The van der Waals surface area contributed by atoms with Crippen LogP contribution in [-0.2, 0) is 0 Å². The lowest BCUT2D eigenvalue weighted by Crippen LogP contribution is -2.04. The summed E-state index contributed by atoms with van der Waals surface area (Å²) in [6.07, 6.45) is 7.81. The topological polar surface area (TPSA) is 23.8 Å². The Morgan fingerprint density at radius 1 is 1.09 bits per heavy atom. The minimum absolute atomic E-state index is 0.789. The van der Waals surface area contributed by atoms with Gasteiger partial charge in [0.1, 0.15) is 0 Å². The Balaban J connectivity index is 1.90. The molecule has 2 aliphatic carbocycles. The summed E-state index contributed by atoms with van der Waals surface area (Å²) in [5, 5.41) is 8.47. The summed E-state index contributed by atoms with van der Waals surface area (Å²) < 4.78 is 0. The number of rotatable bonds is 2. The monoisotopic (exact) mass is 149 g/mol. The summed E-state index contributed by atoms with van der Waals surface area (Å²) in [7, 11) is 0. The van der Waals surface area contributed by atoms with E-state index in [1.54, 1.807) is 0 Å². The molecule has 0 unspecified atom stereocenters. The maximum atomic E-state index is 8.47. The van der Waals surface area contributed by atoms with E-state index in [0.29, 0.717) is 0 Å². The Kier molecular flexibility index (Phi) is 1.85. The van der Waals surface area contributed by atoms with Gasteiger partial charge in [0.05, 0.1) is 6.07 Å². The van der Waals surface area contributed by atoms with E-state index in [1.807, 2.05) is 0 Å². The molecule has 60 valence electrons. The number of nitrogens with zero attached hydrogens (tertiary/aromatic N) is 1. The normalized spacial score (nSPS) is 40.8. The van der Waals surface area contributed by atoms with E-state index >= 15 is 0 Å². The predicted molar refractivity (Wildman–Crippen MR) is 43.8 cm³/mol. The minimum atomic E-state index is 0.789. The molecule has 0 saturated heterocycles. The molecule has 0 aromatic carbocycles. The first-order chi connectivity index (χ1) is 5.42. The van der Waals surface area contributed by atoms with Gasteiger partial charge in [-0.1, -0.05) is 0 Å². The molecule has 0 amide bonds. The van der Waals surface area contributed by atoms with Gasteiger partial charge in [0.2, 0.25) is 0 Å². The van der Waals surface area contributed by atoms with Gasteiger partial charge in [0.25, 0.3) is 0 Å². The Bertz CT molecular complexity index is 160. The average molecular weight is 149 g/mol. The molecule has 0 N–H and O–H groups in total. The van der Waals surface area contributed by atoms with Gasteiger partial charge in [-0.25, -0.2) is 0 Å². The third-order valence-electron chi connectivity index (χ3n) is 3.62. The molecular formula is C10H15N. The standard InChI is InChI=1S/C10H15N/c11-7-1-2-10-8-3-4-9(10)6-5-8/h8-10H,1-6H2.